The van der Waals surface area contributed by atoms with E-state index in [-0.39, 0.29) is 5.41 Å². The molecular formula is C15H25N5S. The maximum Gasteiger partial charge on any atom is 0.185 e. The van der Waals surface area contributed by atoms with Crippen LogP contribution in [-0.2, 0) is 25.6 Å². The molecule has 116 valence electrons. The molecule has 0 atom stereocenters. The molecule has 0 bridgehead atoms. The fourth-order valence-electron chi connectivity index (χ4n) is 2.26. The van der Waals surface area contributed by atoms with Crippen molar-refractivity contribution in [1.82, 2.24) is 20.1 Å². The van der Waals surface area contributed by atoms with E-state index >= 15 is 0 Å². The van der Waals surface area contributed by atoms with E-state index in [2.05, 4.69) is 43.1 Å². The van der Waals surface area contributed by atoms with Crippen molar-refractivity contribution in [2.75, 3.05) is 19.0 Å². The minimum absolute atomic E-state index is 0.0656. The number of aryl methyl sites for hydroxylation is 1. The number of hydrogen-bond acceptors (Lipinski definition) is 5. The van der Waals surface area contributed by atoms with Crippen LogP contribution >= 0.6 is 11.3 Å². The zero-order chi connectivity index (χ0) is 15.6. The first kappa shape index (κ1) is 16.0. The molecule has 0 spiro atoms. The largest absolute Gasteiger partial charge is 0.347 e. The SMILES string of the molecule is CNCc1sc(N(C)Cc2cnn(C)c2)nc1C(C)(C)C. The minimum atomic E-state index is 0.0656. The number of thiazole rings is 1. The van der Waals surface area contributed by atoms with Gasteiger partial charge in [-0.1, -0.05) is 20.8 Å². The second kappa shape index (κ2) is 6.15. The van der Waals surface area contributed by atoms with Crippen molar-refractivity contribution in [3.05, 3.63) is 28.5 Å². The van der Waals surface area contributed by atoms with E-state index in [0.717, 1.165) is 18.2 Å². The van der Waals surface area contributed by atoms with Crippen molar-refractivity contribution in [2.45, 2.75) is 39.3 Å². The molecule has 0 aliphatic heterocycles. The second-order valence-electron chi connectivity index (χ2n) is 6.43. The first-order valence-electron chi connectivity index (χ1n) is 7.14. The molecular weight excluding hydrogens is 282 g/mol. The number of anilines is 1. The van der Waals surface area contributed by atoms with Gasteiger partial charge in [0, 0.05) is 49.2 Å². The van der Waals surface area contributed by atoms with Crippen LogP contribution in [0.15, 0.2) is 12.4 Å². The maximum absolute atomic E-state index is 4.88. The van der Waals surface area contributed by atoms with Gasteiger partial charge in [-0.2, -0.15) is 5.10 Å². The number of nitrogens with zero attached hydrogens (tertiary/aromatic N) is 4. The van der Waals surface area contributed by atoms with Gasteiger partial charge in [0.1, 0.15) is 0 Å². The molecule has 0 saturated carbocycles. The van der Waals surface area contributed by atoms with E-state index < -0.39 is 0 Å². The van der Waals surface area contributed by atoms with Crippen molar-refractivity contribution in [3.63, 3.8) is 0 Å². The van der Waals surface area contributed by atoms with Gasteiger partial charge in [0.05, 0.1) is 11.9 Å². The van der Waals surface area contributed by atoms with Crippen LogP contribution in [0.5, 0.6) is 0 Å². The predicted octanol–water partition coefficient (Wildman–Crippen LogP) is 2.53. The Hall–Kier alpha value is -1.40. The molecule has 2 heterocycles. The quantitative estimate of drug-likeness (QED) is 0.922. The molecule has 5 nitrogen and oxygen atoms in total. The smallest absolute Gasteiger partial charge is 0.185 e. The van der Waals surface area contributed by atoms with Crippen LogP contribution in [0.4, 0.5) is 5.13 Å². The van der Waals surface area contributed by atoms with E-state index in [0.29, 0.717) is 0 Å². The van der Waals surface area contributed by atoms with Gasteiger partial charge in [-0.15, -0.1) is 11.3 Å². The van der Waals surface area contributed by atoms with Gasteiger partial charge in [0.2, 0.25) is 0 Å². The summed E-state index contributed by atoms with van der Waals surface area (Å²) in [6.07, 6.45) is 3.95. The monoisotopic (exact) mass is 307 g/mol. The van der Waals surface area contributed by atoms with E-state index in [9.17, 15) is 0 Å². The van der Waals surface area contributed by atoms with Crippen LogP contribution in [0.2, 0.25) is 0 Å². The molecule has 2 aromatic rings. The Morgan fingerprint density at radius 1 is 1.38 bits per heavy atom. The number of aromatic nitrogens is 3. The first-order valence-corrected chi connectivity index (χ1v) is 7.96. The highest BCUT2D eigenvalue weighted by molar-refractivity contribution is 7.15. The Kier molecular flexibility index (Phi) is 4.68. The van der Waals surface area contributed by atoms with Gasteiger partial charge in [-0.3, -0.25) is 4.68 Å². The number of nitrogens with one attached hydrogen (secondary N) is 1. The lowest BCUT2D eigenvalue weighted by atomic mass is 9.91. The van der Waals surface area contributed by atoms with Gasteiger partial charge in [-0.25, -0.2) is 4.98 Å². The summed E-state index contributed by atoms with van der Waals surface area (Å²) >= 11 is 1.77. The van der Waals surface area contributed by atoms with Gasteiger partial charge >= 0.3 is 0 Å². The molecule has 21 heavy (non-hydrogen) atoms. The molecule has 6 heteroatoms. The van der Waals surface area contributed by atoms with E-state index in [1.54, 1.807) is 11.3 Å². The fraction of sp³-hybridized carbons (Fsp3) is 0.600. The molecule has 2 rings (SSSR count). The van der Waals surface area contributed by atoms with Crippen molar-refractivity contribution in [3.8, 4) is 0 Å². The normalized spacial score (nSPS) is 11.9. The molecule has 0 unspecified atom stereocenters. The molecule has 0 aliphatic carbocycles. The lowest BCUT2D eigenvalue weighted by molar-refractivity contribution is 0.563. The van der Waals surface area contributed by atoms with Crippen molar-refractivity contribution >= 4 is 16.5 Å². The number of hydrogen-bond donors (Lipinski definition) is 1. The lowest BCUT2D eigenvalue weighted by Gasteiger charge is -2.18. The highest BCUT2D eigenvalue weighted by Crippen LogP contribution is 2.33. The molecule has 0 amide bonds. The Bertz CT molecular complexity index is 593. The van der Waals surface area contributed by atoms with Gasteiger partial charge < -0.3 is 10.2 Å². The molecule has 0 radical (unpaired) electrons. The second-order valence-corrected chi connectivity index (χ2v) is 7.49. The van der Waals surface area contributed by atoms with Crippen LogP contribution in [-0.4, -0.2) is 28.9 Å². The predicted molar refractivity (Wildman–Crippen MR) is 88.9 cm³/mol. The van der Waals surface area contributed by atoms with E-state index in [1.165, 1.54) is 16.1 Å². The van der Waals surface area contributed by atoms with Crippen molar-refractivity contribution < 1.29 is 0 Å². The minimum Gasteiger partial charge on any atom is -0.347 e. The summed E-state index contributed by atoms with van der Waals surface area (Å²) in [5.41, 5.74) is 2.45. The molecule has 1 N–H and O–H groups in total. The summed E-state index contributed by atoms with van der Waals surface area (Å²) in [7, 11) is 6.00. The van der Waals surface area contributed by atoms with Crippen LogP contribution in [0, 0.1) is 0 Å². The van der Waals surface area contributed by atoms with Gasteiger partial charge in [0.25, 0.3) is 0 Å². The summed E-state index contributed by atoms with van der Waals surface area (Å²) in [6.45, 7) is 8.33. The topological polar surface area (TPSA) is 46.0 Å². The van der Waals surface area contributed by atoms with Crippen LogP contribution < -0.4 is 10.2 Å². The molecule has 0 fully saturated rings. The zero-order valence-corrected chi connectivity index (χ0v) is 14.6. The third-order valence-corrected chi connectivity index (χ3v) is 4.41. The van der Waals surface area contributed by atoms with Crippen molar-refractivity contribution in [2.24, 2.45) is 7.05 Å². The summed E-state index contributed by atoms with van der Waals surface area (Å²) in [4.78, 5) is 8.39. The maximum atomic E-state index is 4.88. The van der Waals surface area contributed by atoms with Crippen LogP contribution in [0.1, 0.15) is 36.9 Å². The summed E-state index contributed by atoms with van der Waals surface area (Å²) in [5, 5.41) is 8.52. The average Bonchev–Trinajstić information content (AvgIpc) is 2.96. The molecule has 0 saturated heterocycles. The lowest BCUT2D eigenvalue weighted by Crippen LogP contribution is -2.18. The third kappa shape index (κ3) is 3.83. The first-order chi connectivity index (χ1) is 9.81. The van der Waals surface area contributed by atoms with Gasteiger partial charge in [0.15, 0.2) is 5.13 Å². The Morgan fingerprint density at radius 3 is 2.62 bits per heavy atom. The van der Waals surface area contributed by atoms with Crippen LogP contribution in [0.3, 0.4) is 0 Å². The highest BCUT2D eigenvalue weighted by atomic mass is 32.1. The standard InChI is InChI=1S/C15H25N5S/c1-15(2,3)13-12(8-16-4)21-14(18-13)19(5)9-11-7-17-20(6)10-11/h7,10,16H,8-9H2,1-6H3. The average molecular weight is 307 g/mol. The fourth-order valence-corrected chi connectivity index (χ4v) is 3.51. The third-order valence-electron chi connectivity index (χ3n) is 3.24. The molecule has 2 aromatic heterocycles. The number of rotatable bonds is 5. The summed E-state index contributed by atoms with van der Waals surface area (Å²) < 4.78 is 1.83. The molecule has 0 aliphatic rings. The van der Waals surface area contributed by atoms with Crippen molar-refractivity contribution in [1.29, 1.82) is 0 Å². The summed E-state index contributed by atoms with van der Waals surface area (Å²) in [6, 6.07) is 0. The Morgan fingerprint density at radius 2 is 2.10 bits per heavy atom. The van der Waals surface area contributed by atoms with E-state index in [1.807, 2.05) is 31.2 Å². The Balaban J connectivity index is 2.22. The van der Waals surface area contributed by atoms with E-state index in [4.69, 9.17) is 4.98 Å². The highest BCUT2D eigenvalue weighted by Gasteiger charge is 2.24. The summed E-state index contributed by atoms with van der Waals surface area (Å²) in [5.74, 6) is 0. The molecule has 0 aromatic carbocycles. The van der Waals surface area contributed by atoms with Gasteiger partial charge in [-0.05, 0) is 7.05 Å². The zero-order valence-electron chi connectivity index (χ0n) is 13.8. The Labute approximate surface area is 131 Å². The van der Waals surface area contributed by atoms with Crippen LogP contribution in [0.25, 0.3) is 0 Å².